The third kappa shape index (κ3) is 4.19. The van der Waals surface area contributed by atoms with E-state index in [-0.39, 0.29) is 12.0 Å². The lowest BCUT2D eigenvalue weighted by Crippen LogP contribution is -2.48. The summed E-state index contributed by atoms with van der Waals surface area (Å²) in [6.45, 7) is 4.91. The van der Waals surface area contributed by atoms with E-state index in [2.05, 4.69) is 15.2 Å². The molecule has 8 nitrogen and oxygen atoms in total. The molecule has 1 aromatic carbocycles. The number of nitrogens with zero attached hydrogens (tertiary/aromatic N) is 5. The molecule has 8 heteroatoms. The summed E-state index contributed by atoms with van der Waals surface area (Å²) in [5, 5.41) is 8.53. The van der Waals surface area contributed by atoms with Gasteiger partial charge in [-0.2, -0.15) is 0 Å². The van der Waals surface area contributed by atoms with E-state index in [0.717, 1.165) is 42.9 Å². The van der Waals surface area contributed by atoms with Crippen LogP contribution in [0.15, 0.2) is 24.3 Å². The van der Waals surface area contributed by atoms with E-state index in [1.54, 1.807) is 7.11 Å². The van der Waals surface area contributed by atoms with Gasteiger partial charge in [0.1, 0.15) is 11.9 Å². The minimum atomic E-state index is -0.108. The van der Waals surface area contributed by atoms with E-state index in [9.17, 15) is 4.79 Å². The Labute approximate surface area is 183 Å². The van der Waals surface area contributed by atoms with Gasteiger partial charge in [-0.1, -0.05) is 23.8 Å². The van der Waals surface area contributed by atoms with Crippen LogP contribution < -0.4 is 4.74 Å². The SMILES string of the molecule is COc1ccc([C@H]2Cn3nnc(C(=O)N4CCC(N5CCCCC5)CC4)c3CO2)cc1. The Morgan fingerprint density at radius 3 is 2.52 bits per heavy atom. The molecule has 5 rings (SSSR count). The summed E-state index contributed by atoms with van der Waals surface area (Å²) in [4.78, 5) is 17.7. The summed E-state index contributed by atoms with van der Waals surface area (Å²) in [6, 6.07) is 8.48. The Balaban J connectivity index is 1.21. The molecule has 4 heterocycles. The lowest BCUT2D eigenvalue weighted by Gasteiger charge is -2.40. The maximum absolute atomic E-state index is 13.2. The molecule has 0 saturated carbocycles. The van der Waals surface area contributed by atoms with Gasteiger partial charge in [0, 0.05) is 19.1 Å². The van der Waals surface area contributed by atoms with Crippen molar-refractivity contribution in [3.8, 4) is 5.75 Å². The third-order valence-electron chi connectivity index (χ3n) is 6.95. The Hall–Kier alpha value is -2.45. The molecule has 0 N–H and O–H groups in total. The lowest BCUT2D eigenvalue weighted by molar-refractivity contribution is -0.00207. The van der Waals surface area contributed by atoms with Crippen molar-refractivity contribution < 1.29 is 14.3 Å². The highest BCUT2D eigenvalue weighted by atomic mass is 16.5. The van der Waals surface area contributed by atoms with Crippen LogP contribution in [0.3, 0.4) is 0 Å². The molecule has 0 radical (unpaired) electrons. The highest BCUT2D eigenvalue weighted by Crippen LogP contribution is 2.29. The standard InChI is InChI=1S/C23H31N5O3/c1-30-19-7-5-17(6-8-19)21-15-28-20(16-31-21)22(24-25-28)23(29)27-13-9-18(10-14-27)26-11-3-2-4-12-26/h5-8,18,21H,2-4,9-16H2,1H3/t21-/m1/s1. The van der Waals surface area contributed by atoms with Gasteiger partial charge in [0.15, 0.2) is 5.69 Å². The molecule has 0 spiro atoms. The summed E-state index contributed by atoms with van der Waals surface area (Å²) >= 11 is 0. The smallest absolute Gasteiger partial charge is 0.276 e. The van der Waals surface area contributed by atoms with Crippen molar-refractivity contribution in [1.82, 2.24) is 24.8 Å². The number of hydrogen-bond acceptors (Lipinski definition) is 6. The molecule has 1 atom stereocenters. The van der Waals surface area contributed by atoms with Crippen LogP contribution in [-0.2, 0) is 17.9 Å². The first kappa shape index (κ1) is 20.5. The Kier molecular flexibility index (Phi) is 5.91. The second-order valence-corrected chi connectivity index (χ2v) is 8.76. The van der Waals surface area contributed by atoms with E-state index in [1.165, 1.54) is 32.4 Å². The van der Waals surface area contributed by atoms with Crippen molar-refractivity contribution in [2.45, 2.75) is 57.4 Å². The van der Waals surface area contributed by atoms with E-state index >= 15 is 0 Å². The first-order valence-corrected chi connectivity index (χ1v) is 11.4. The van der Waals surface area contributed by atoms with E-state index in [1.807, 2.05) is 33.8 Å². The maximum Gasteiger partial charge on any atom is 0.276 e. The van der Waals surface area contributed by atoms with Crippen molar-refractivity contribution in [2.24, 2.45) is 0 Å². The fraction of sp³-hybridized carbons (Fsp3) is 0.609. The van der Waals surface area contributed by atoms with Crippen LogP contribution in [0.5, 0.6) is 5.75 Å². The molecule has 166 valence electrons. The first-order chi connectivity index (χ1) is 15.2. The van der Waals surface area contributed by atoms with Gasteiger partial charge in [0.05, 0.1) is 26.0 Å². The molecule has 1 amide bonds. The van der Waals surface area contributed by atoms with E-state index in [4.69, 9.17) is 9.47 Å². The summed E-state index contributed by atoms with van der Waals surface area (Å²) in [7, 11) is 1.66. The van der Waals surface area contributed by atoms with Gasteiger partial charge in [-0.25, -0.2) is 4.68 Å². The van der Waals surface area contributed by atoms with Crippen LogP contribution in [0, 0.1) is 0 Å². The fourth-order valence-corrected chi connectivity index (χ4v) is 5.07. The summed E-state index contributed by atoms with van der Waals surface area (Å²) in [6.07, 6.45) is 5.96. The van der Waals surface area contributed by atoms with Crippen molar-refractivity contribution in [1.29, 1.82) is 0 Å². The van der Waals surface area contributed by atoms with Crippen molar-refractivity contribution >= 4 is 5.91 Å². The van der Waals surface area contributed by atoms with Gasteiger partial charge in [-0.15, -0.1) is 5.10 Å². The minimum Gasteiger partial charge on any atom is -0.497 e. The third-order valence-corrected chi connectivity index (χ3v) is 6.95. The number of carbonyl (C=O) groups is 1. The zero-order valence-corrected chi connectivity index (χ0v) is 18.2. The molecule has 3 aliphatic heterocycles. The lowest BCUT2D eigenvalue weighted by atomic mass is 9.99. The van der Waals surface area contributed by atoms with Crippen LogP contribution >= 0.6 is 0 Å². The topological polar surface area (TPSA) is 72.7 Å². The number of hydrogen-bond donors (Lipinski definition) is 0. The van der Waals surface area contributed by atoms with E-state index in [0.29, 0.717) is 24.9 Å². The van der Waals surface area contributed by atoms with Crippen molar-refractivity contribution in [3.05, 3.63) is 41.2 Å². The molecule has 31 heavy (non-hydrogen) atoms. The molecule has 1 aromatic heterocycles. The molecule has 0 aliphatic carbocycles. The number of methoxy groups -OCH3 is 1. The predicted molar refractivity (Wildman–Crippen MR) is 115 cm³/mol. The Bertz CT molecular complexity index is 898. The molecule has 0 unspecified atom stereocenters. The van der Waals surface area contributed by atoms with Gasteiger partial charge in [-0.05, 0) is 56.5 Å². The number of aromatic nitrogens is 3. The zero-order valence-electron chi connectivity index (χ0n) is 18.2. The number of ether oxygens (including phenoxy) is 2. The highest BCUT2D eigenvalue weighted by molar-refractivity contribution is 5.93. The summed E-state index contributed by atoms with van der Waals surface area (Å²) in [5.41, 5.74) is 2.30. The fourth-order valence-electron chi connectivity index (χ4n) is 5.07. The molecule has 0 bridgehead atoms. The average molecular weight is 426 g/mol. The van der Waals surface area contributed by atoms with Crippen LogP contribution in [0.1, 0.15) is 60.0 Å². The largest absolute Gasteiger partial charge is 0.497 e. The zero-order chi connectivity index (χ0) is 21.2. The monoisotopic (exact) mass is 425 g/mol. The number of piperidine rings is 2. The van der Waals surface area contributed by atoms with Crippen molar-refractivity contribution in [2.75, 3.05) is 33.3 Å². The minimum absolute atomic E-state index is 0.00941. The van der Waals surface area contributed by atoms with Crippen LogP contribution in [0.25, 0.3) is 0 Å². The van der Waals surface area contributed by atoms with Gasteiger partial charge in [0.2, 0.25) is 0 Å². The number of carbonyl (C=O) groups excluding carboxylic acids is 1. The molecule has 2 fully saturated rings. The van der Waals surface area contributed by atoms with Crippen molar-refractivity contribution in [3.63, 3.8) is 0 Å². The number of benzene rings is 1. The molecule has 2 saturated heterocycles. The average Bonchev–Trinajstić information content (AvgIpc) is 3.27. The Morgan fingerprint density at radius 2 is 1.81 bits per heavy atom. The second kappa shape index (κ2) is 8.96. The highest BCUT2D eigenvalue weighted by Gasteiger charge is 2.33. The number of likely N-dealkylation sites (tertiary alicyclic amines) is 2. The van der Waals surface area contributed by atoms with Gasteiger partial charge < -0.3 is 19.3 Å². The quantitative estimate of drug-likeness (QED) is 0.750. The normalized spacial score (nSPS) is 22.9. The maximum atomic E-state index is 13.2. The first-order valence-electron chi connectivity index (χ1n) is 11.4. The van der Waals surface area contributed by atoms with Crippen LogP contribution in [-0.4, -0.2) is 70.0 Å². The number of fused-ring (bicyclic) bond motifs is 1. The predicted octanol–water partition coefficient (Wildman–Crippen LogP) is 2.65. The van der Waals surface area contributed by atoms with Crippen LogP contribution in [0.2, 0.25) is 0 Å². The van der Waals surface area contributed by atoms with Gasteiger partial charge in [0.25, 0.3) is 5.91 Å². The second-order valence-electron chi connectivity index (χ2n) is 8.76. The molecular weight excluding hydrogens is 394 g/mol. The van der Waals surface area contributed by atoms with Gasteiger partial charge in [-0.3, -0.25) is 4.79 Å². The van der Waals surface area contributed by atoms with Gasteiger partial charge >= 0.3 is 0 Å². The van der Waals surface area contributed by atoms with E-state index < -0.39 is 0 Å². The molecule has 3 aliphatic rings. The molecule has 2 aromatic rings. The Morgan fingerprint density at radius 1 is 1.06 bits per heavy atom. The van der Waals surface area contributed by atoms with Crippen LogP contribution in [0.4, 0.5) is 0 Å². The number of amides is 1. The molecular formula is C23H31N5O3. The number of rotatable bonds is 4. The summed E-state index contributed by atoms with van der Waals surface area (Å²) in [5.74, 6) is 0.808. The summed E-state index contributed by atoms with van der Waals surface area (Å²) < 4.78 is 13.1.